The van der Waals surface area contributed by atoms with Crippen molar-refractivity contribution in [2.45, 2.75) is 76.5 Å². The van der Waals surface area contributed by atoms with Gasteiger partial charge in [-0.3, -0.25) is 29.0 Å². The molecule has 0 aromatic carbocycles. The zero-order valence-electron chi connectivity index (χ0n) is 20.9. The van der Waals surface area contributed by atoms with Crippen LogP contribution in [0.3, 0.4) is 0 Å². The van der Waals surface area contributed by atoms with Crippen LogP contribution >= 0.6 is 0 Å². The van der Waals surface area contributed by atoms with Crippen LogP contribution in [0.15, 0.2) is 4.99 Å². The third kappa shape index (κ3) is 14.9. The number of carbonyl (C=O) groups is 6. The maximum Gasteiger partial charge on any atom is 0.326 e. The van der Waals surface area contributed by atoms with Crippen molar-refractivity contribution in [1.29, 1.82) is 0 Å². The van der Waals surface area contributed by atoms with E-state index in [4.69, 9.17) is 28.0 Å². The Bertz CT molecular complexity index is 859. The van der Waals surface area contributed by atoms with E-state index in [-0.39, 0.29) is 44.1 Å². The fourth-order valence-electron chi connectivity index (χ4n) is 3.11. The molecule has 4 amide bonds. The van der Waals surface area contributed by atoms with Crippen LogP contribution < -0.4 is 38.9 Å². The van der Waals surface area contributed by atoms with Gasteiger partial charge in [-0.05, 0) is 31.6 Å². The van der Waals surface area contributed by atoms with Gasteiger partial charge in [0.05, 0.1) is 12.5 Å². The number of nitrogens with zero attached hydrogens (tertiary/aromatic N) is 1. The molecule has 0 aliphatic carbocycles. The minimum atomic E-state index is -1.78. The summed E-state index contributed by atoms with van der Waals surface area (Å²) in [6, 6.07) is -5.30. The van der Waals surface area contributed by atoms with E-state index < -0.39 is 66.2 Å². The van der Waals surface area contributed by atoms with Crippen LogP contribution in [0.2, 0.25) is 0 Å². The van der Waals surface area contributed by atoms with Gasteiger partial charge < -0.3 is 49.1 Å². The molecule has 0 radical (unpaired) electrons. The largest absolute Gasteiger partial charge is 0.481 e. The molecule has 4 atom stereocenters. The molecule has 4 unspecified atom stereocenters. The van der Waals surface area contributed by atoms with Gasteiger partial charge in [0.25, 0.3) is 0 Å². The highest BCUT2D eigenvalue weighted by Gasteiger charge is 2.31. The molecule has 210 valence electrons. The van der Waals surface area contributed by atoms with Crippen LogP contribution in [0, 0.1) is 5.92 Å². The summed E-state index contributed by atoms with van der Waals surface area (Å²) < 4.78 is 0. The van der Waals surface area contributed by atoms with Crippen LogP contribution in [0.25, 0.3) is 0 Å². The first kappa shape index (κ1) is 33.0. The Labute approximate surface area is 214 Å². The van der Waals surface area contributed by atoms with E-state index in [0.29, 0.717) is 6.42 Å². The molecule has 16 heteroatoms. The topological polar surface area (TPSA) is 295 Å². The maximum atomic E-state index is 13.0. The number of aliphatic carboxylic acids is 2. The summed E-state index contributed by atoms with van der Waals surface area (Å²) in [4.78, 5) is 75.5. The Hall–Kier alpha value is -3.95. The second kappa shape index (κ2) is 16.7. The van der Waals surface area contributed by atoms with Gasteiger partial charge in [-0.25, -0.2) is 4.79 Å². The van der Waals surface area contributed by atoms with Gasteiger partial charge in [-0.2, -0.15) is 0 Å². The Balaban J connectivity index is 5.50. The molecule has 0 heterocycles. The quantitative estimate of drug-likeness (QED) is 0.0480. The lowest BCUT2D eigenvalue weighted by molar-refractivity contribution is -0.147. The molecule has 13 N–H and O–H groups in total. The Morgan fingerprint density at radius 3 is 1.84 bits per heavy atom. The van der Waals surface area contributed by atoms with Crippen molar-refractivity contribution in [2.75, 3.05) is 6.54 Å². The number of primary amides is 1. The molecule has 0 rings (SSSR count). The predicted molar refractivity (Wildman–Crippen MR) is 131 cm³/mol. The van der Waals surface area contributed by atoms with Crippen molar-refractivity contribution in [3.63, 3.8) is 0 Å². The van der Waals surface area contributed by atoms with E-state index in [2.05, 4.69) is 15.6 Å². The number of hydrogen-bond acceptors (Lipinski definition) is 8. The second-order valence-corrected chi connectivity index (χ2v) is 8.81. The zero-order chi connectivity index (χ0) is 28.7. The standard InChI is InChI=1S/C21H38N8O8/c1-10(2)8-13(28-17(33)11(22)4-3-7-26-21(24)25)19(35)27-12(5-6-15(23)30)18(34)29-14(20(36)37)9-16(31)32/h10-14H,3-9,22H2,1-2H3,(H2,23,30)(H,27,35)(H,28,33)(H,29,34)(H,31,32)(H,36,37)(H4,24,25,26). The predicted octanol–water partition coefficient (Wildman–Crippen LogP) is -3.31. The second-order valence-electron chi connectivity index (χ2n) is 8.81. The van der Waals surface area contributed by atoms with E-state index >= 15 is 0 Å². The molecule has 0 fully saturated rings. The fraction of sp³-hybridized carbons (Fsp3) is 0.667. The molecule has 0 saturated carbocycles. The van der Waals surface area contributed by atoms with Gasteiger partial charge in [-0.15, -0.1) is 0 Å². The summed E-state index contributed by atoms with van der Waals surface area (Å²) in [6.07, 6.45) is -0.744. The third-order valence-corrected chi connectivity index (χ3v) is 4.95. The van der Waals surface area contributed by atoms with Crippen LogP contribution in [-0.4, -0.2) is 82.5 Å². The summed E-state index contributed by atoms with van der Waals surface area (Å²) in [6.45, 7) is 3.85. The van der Waals surface area contributed by atoms with Crippen molar-refractivity contribution < 1.29 is 39.0 Å². The van der Waals surface area contributed by atoms with E-state index in [9.17, 15) is 33.9 Å². The van der Waals surface area contributed by atoms with Crippen molar-refractivity contribution in [1.82, 2.24) is 16.0 Å². The minimum Gasteiger partial charge on any atom is -0.481 e. The lowest BCUT2D eigenvalue weighted by atomic mass is 10.0. The van der Waals surface area contributed by atoms with E-state index in [1.165, 1.54) is 0 Å². The van der Waals surface area contributed by atoms with Crippen LogP contribution in [-0.2, 0) is 28.8 Å². The number of guanidine groups is 1. The van der Waals surface area contributed by atoms with E-state index in [1.54, 1.807) is 13.8 Å². The van der Waals surface area contributed by atoms with Gasteiger partial charge in [0, 0.05) is 13.0 Å². The number of carboxylic acids is 2. The summed E-state index contributed by atoms with van der Waals surface area (Å²) >= 11 is 0. The highest BCUT2D eigenvalue weighted by molar-refractivity contribution is 5.94. The van der Waals surface area contributed by atoms with Gasteiger partial charge in [0.15, 0.2) is 5.96 Å². The third-order valence-electron chi connectivity index (χ3n) is 4.95. The van der Waals surface area contributed by atoms with Gasteiger partial charge in [-0.1, -0.05) is 13.8 Å². The number of carbonyl (C=O) groups excluding carboxylic acids is 4. The molecule has 0 saturated heterocycles. The number of nitrogens with two attached hydrogens (primary N) is 4. The van der Waals surface area contributed by atoms with Crippen LogP contribution in [0.4, 0.5) is 0 Å². The molecule has 0 aliphatic heterocycles. The zero-order valence-corrected chi connectivity index (χ0v) is 20.9. The van der Waals surface area contributed by atoms with Gasteiger partial charge in [0.1, 0.15) is 18.1 Å². The monoisotopic (exact) mass is 530 g/mol. The molecular formula is C21H38N8O8. The minimum absolute atomic E-state index is 0.0704. The highest BCUT2D eigenvalue weighted by atomic mass is 16.4. The number of aliphatic imine (C=N–C) groups is 1. The van der Waals surface area contributed by atoms with Gasteiger partial charge >= 0.3 is 11.9 Å². The first-order valence-electron chi connectivity index (χ1n) is 11.6. The van der Waals surface area contributed by atoms with Crippen LogP contribution in [0.1, 0.15) is 52.4 Å². The van der Waals surface area contributed by atoms with Crippen molar-refractivity contribution in [3.8, 4) is 0 Å². The number of amides is 4. The molecule has 0 aromatic heterocycles. The number of carboxylic acid groups (broad SMARTS) is 2. The SMILES string of the molecule is CC(C)CC(NC(=O)C(N)CCCN=C(N)N)C(=O)NC(CCC(N)=O)C(=O)NC(CC(=O)O)C(=O)O. The smallest absolute Gasteiger partial charge is 0.326 e. The van der Waals surface area contributed by atoms with Crippen molar-refractivity contribution in [2.24, 2.45) is 33.8 Å². The summed E-state index contributed by atoms with van der Waals surface area (Å²) in [5, 5.41) is 25.0. The lowest BCUT2D eigenvalue weighted by Crippen LogP contribution is -2.57. The first-order valence-corrected chi connectivity index (χ1v) is 11.6. The summed E-state index contributed by atoms with van der Waals surface area (Å²) in [5.41, 5.74) is 21.5. The Morgan fingerprint density at radius 1 is 0.811 bits per heavy atom. The Kier molecular flexibility index (Phi) is 14.9. The molecule has 0 spiro atoms. The molecule has 16 nitrogen and oxygen atoms in total. The van der Waals surface area contributed by atoms with Crippen LogP contribution in [0.5, 0.6) is 0 Å². The number of nitrogens with one attached hydrogen (secondary N) is 3. The molecule has 0 aromatic rings. The summed E-state index contributed by atoms with van der Waals surface area (Å²) in [5.74, 6) is -6.48. The van der Waals surface area contributed by atoms with Gasteiger partial charge in [0.2, 0.25) is 23.6 Å². The van der Waals surface area contributed by atoms with E-state index in [0.717, 1.165) is 0 Å². The molecule has 0 bridgehead atoms. The molecule has 0 aliphatic rings. The average Bonchev–Trinajstić information content (AvgIpc) is 2.76. The highest BCUT2D eigenvalue weighted by Crippen LogP contribution is 2.08. The normalized spacial score (nSPS) is 13.9. The summed E-state index contributed by atoms with van der Waals surface area (Å²) in [7, 11) is 0. The Morgan fingerprint density at radius 2 is 1.35 bits per heavy atom. The fourth-order valence-corrected chi connectivity index (χ4v) is 3.11. The average molecular weight is 531 g/mol. The lowest BCUT2D eigenvalue weighted by Gasteiger charge is -2.25. The molecular weight excluding hydrogens is 492 g/mol. The molecule has 37 heavy (non-hydrogen) atoms. The number of hydrogen-bond donors (Lipinski definition) is 9. The number of rotatable bonds is 18. The van der Waals surface area contributed by atoms with Crippen molar-refractivity contribution >= 4 is 41.5 Å². The van der Waals surface area contributed by atoms with E-state index in [1.807, 2.05) is 5.32 Å². The first-order chi connectivity index (χ1) is 17.1. The van der Waals surface area contributed by atoms with Crippen molar-refractivity contribution in [3.05, 3.63) is 0 Å². The maximum absolute atomic E-state index is 13.0.